The van der Waals surface area contributed by atoms with E-state index in [0.717, 1.165) is 5.56 Å². The van der Waals surface area contributed by atoms with Crippen molar-refractivity contribution in [2.45, 2.75) is 6.54 Å². The normalized spacial score (nSPS) is 10.4. The van der Waals surface area contributed by atoms with E-state index in [1.54, 1.807) is 16.1 Å². The van der Waals surface area contributed by atoms with Gasteiger partial charge in [0.25, 0.3) is 0 Å². The second-order valence-electron chi connectivity index (χ2n) is 2.92. The number of halogens is 1. The quantitative estimate of drug-likeness (QED) is 0.770. The molecule has 0 aliphatic rings. The van der Waals surface area contributed by atoms with Crippen LogP contribution in [-0.2, 0) is 6.54 Å². The topological polar surface area (TPSA) is 22.0 Å². The zero-order chi connectivity index (χ0) is 9.97. The Bertz CT molecular complexity index is 471. The van der Waals surface area contributed by atoms with E-state index in [1.165, 1.54) is 11.3 Å². The molecule has 2 rings (SSSR count). The molecule has 1 heterocycles. The van der Waals surface area contributed by atoms with Crippen LogP contribution in [0.5, 0.6) is 0 Å². The molecule has 2 nitrogen and oxygen atoms in total. The number of hydrogen-bond donors (Lipinski definition) is 0. The van der Waals surface area contributed by atoms with Crippen molar-refractivity contribution >= 4 is 22.9 Å². The molecular formula is C10H8ClNOS. The maximum Gasteiger partial charge on any atom is 0.307 e. The molecule has 0 N–H and O–H groups in total. The first kappa shape index (κ1) is 9.49. The molecule has 0 saturated carbocycles. The third-order valence-electron chi connectivity index (χ3n) is 1.91. The van der Waals surface area contributed by atoms with E-state index < -0.39 is 0 Å². The Hall–Kier alpha value is -1.06. The lowest BCUT2D eigenvalue weighted by Gasteiger charge is -2.01. The fraction of sp³-hybridized carbons (Fsp3) is 0.100. The summed E-state index contributed by atoms with van der Waals surface area (Å²) < 4.78 is 1.67. The number of aromatic nitrogens is 1. The van der Waals surface area contributed by atoms with Crippen molar-refractivity contribution in [1.82, 2.24) is 4.57 Å². The fourth-order valence-electron chi connectivity index (χ4n) is 1.19. The van der Waals surface area contributed by atoms with Crippen LogP contribution in [-0.4, -0.2) is 4.57 Å². The maximum absolute atomic E-state index is 11.2. The van der Waals surface area contributed by atoms with E-state index >= 15 is 0 Å². The highest BCUT2D eigenvalue weighted by Gasteiger charge is 1.98. The van der Waals surface area contributed by atoms with Crippen LogP contribution < -0.4 is 4.87 Å². The lowest BCUT2D eigenvalue weighted by molar-refractivity contribution is 0.784. The van der Waals surface area contributed by atoms with Crippen molar-refractivity contribution < 1.29 is 0 Å². The van der Waals surface area contributed by atoms with Crippen molar-refractivity contribution in [3.63, 3.8) is 0 Å². The number of nitrogens with zero attached hydrogens (tertiary/aromatic N) is 1. The predicted molar refractivity (Wildman–Crippen MR) is 59.1 cm³/mol. The summed E-state index contributed by atoms with van der Waals surface area (Å²) in [5, 5.41) is 2.50. The van der Waals surface area contributed by atoms with Gasteiger partial charge < -0.3 is 4.57 Å². The Morgan fingerprint density at radius 2 is 2.00 bits per heavy atom. The second-order valence-corrected chi connectivity index (χ2v) is 4.22. The number of hydrogen-bond acceptors (Lipinski definition) is 2. The molecule has 0 bridgehead atoms. The molecule has 0 saturated heterocycles. The van der Waals surface area contributed by atoms with Crippen LogP contribution in [0.4, 0.5) is 0 Å². The van der Waals surface area contributed by atoms with E-state index in [1.807, 2.05) is 24.3 Å². The van der Waals surface area contributed by atoms with Crippen molar-refractivity contribution in [3.05, 3.63) is 56.1 Å². The average molecular weight is 226 g/mol. The molecule has 0 unspecified atom stereocenters. The van der Waals surface area contributed by atoms with Crippen LogP contribution in [0.3, 0.4) is 0 Å². The Balaban J connectivity index is 2.23. The van der Waals surface area contributed by atoms with Gasteiger partial charge in [-0.3, -0.25) is 4.79 Å². The van der Waals surface area contributed by atoms with E-state index in [2.05, 4.69) is 0 Å². The maximum atomic E-state index is 11.2. The van der Waals surface area contributed by atoms with Crippen LogP contribution in [0, 0.1) is 0 Å². The molecule has 72 valence electrons. The Morgan fingerprint density at radius 1 is 1.29 bits per heavy atom. The molecule has 0 aliphatic carbocycles. The summed E-state index contributed by atoms with van der Waals surface area (Å²) in [6, 6.07) is 7.50. The van der Waals surface area contributed by atoms with Crippen LogP contribution in [0.15, 0.2) is 40.6 Å². The summed E-state index contributed by atoms with van der Waals surface area (Å²) in [5.74, 6) is 0. The van der Waals surface area contributed by atoms with Gasteiger partial charge in [0, 0.05) is 16.6 Å². The largest absolute Gasteiger partial charge is 0.307 e. The van der Waals surface area contributed by atoms with Gasteiger partial charge in [0.05, 0.1) is 6.54 Å². The van der Waals surface area contributed by atoms with E-state index in [4.69, 9.17) is 11.6 Å². The molecule has 0 aliphatic heterocycles. The van der Waals surface area contributed by atoms with Crippen LogP contribution in [0.1, 0.15) is 5.56 Å². The molecule has 0 atom stereocenters. The second kappa shape index (κ2) is 3.98. The highest BCUT2D eigenvalue weighted by atomic mass is 35.5. The Morgan fingerprint density at radius 3 is 2.57 bits per heavy atom. The van der Waals surface area contributed by atoms with Gasteiger partial charge in [-0.1, -0.05) is 35.1 Å². The predicted octanol–water partition coefficient (Wildman–Crippen LogP) is 2.61. The van der Waals surface area contributed by atoms with Gasteiger partial charge in [-0.15, -0.1) is 0 Å². The fourth-order valence-corrected chi connectivity index (χ4v) is 1.91. The van der Waals surface area contributed by atoms with Gasteiger partial charge in [-0.25, -0.2) is 0 Å². The average Bonchev–Trinajstić information content (AvgIpc) is 2.56. The van der Waals surface area contributed by atoms with Gasteiger partial charge >= 0.3 is 4.87 Å². The zero-order valence-corrected chi connectivity index (χ0v) is 8.89. The molecular weight excluding hydrogens is 218 g/mol. The molecule has 2 aromatic rings. The smallest absolute Gasteiger partial charge is 0.302 e. The summed E-state index contributed by atoms with van der Waals surface area (Å²) in [5.41, 5.74) is 1.08. The summed E-state index contributed by atoms with van der Waals surface area (Å²) in [6.07, 6.45) is 1.79. The van der Waals surface area contributed by atoms with Crippen molar-refractivity contribution in [3.8, 4) is 0 Å². The monoisotopic (exact) mass is 225 g/mol. The van der Waals surface area contributed by atoms with Crippen LogP contribution >= 0.6 is 22.9 Å². The molecule has 0 spiro atoms. The number of rotatable bonds is 2. The highest BCUT2D eigenvalue weighted by Crippen LogP contribution is 2.10. The van der Waals surface area contributed by atoms with Crippen molar-refractivity contribution in [2.75, 3.05) is 0 Å². The van der Waals surface area contributed by atoms with E-state index in [0.29, 0.717) is 11.6 Å². The third kappa shape index (κ3) is 2.05. The van der Waals surface area contributed by atoms with E-state index in [-0.39, 0.29) is 4.87 Å². The van der Waals surface area contributed by atoms with Crippen molar-refractivity contribution in [2.24, 2.45) is 0 Å². The lowest BCUT2D eigenvalue weighted by atomic mass is 10.2. The third-order valence-corrected chi connectivity index (χ3v) is 2.86. The molecule has 0 fully saturated rings. The summed E-state index contributed by atoms with van der Waals surface area (Å²) in [4.78, 5) is 11.3. The zero-order valence-electron chi connectivity index (χ0n) is 7.31. The first-order valence-corrected chi connectivity index (χ1v) is 5.40. The highest BCUT2D eigenvalue weighted by molar-refractivity contribution is 7.07. The first-order valence-electron chi connectivity index (χ1n) is 4.14. The minimum absolute atomic E-state index is 0.0694. The Labute approximate surface area is 90.4 Å². The molecule has 14 heavy (non-hydrogen) atoms. The molecule has 1 aromatic carbocycles. The molecule has 0 radical (unpaired) electrons. The number of thiazole rings is 1. The first-order chi connectivity index (χ1) is 6.75. The van der Waals surface area contributed by atoms with E-state index in [9.17, 15) is 4.79 Å². The summed E-state index contributed by atoms with van der Waals surface area (Å²) >= 11 is 6.97. The minimum Gasteiger partial charge on any atom is -0.302 e. The van der Waals surface area contributed by atoms with Gasteiger partial charge in [0.15, 0.2) is 0 Å². The van der Waals surface area contributed by atoms with Crippen LogP contribution in [0.2, 0.25) is 5.02 Å². The van der Waals surface area contributed by atoms with Gasteiger partial charge in [0.2, 0.25) is 0 Å². The molecule has 4 heteroatoms. The Kier molecular flexibility index (Phi) is 2.70. The van der Waals surface area contributed by atoms with Gasteiger partial charge in [0.1, 0.15) is 0 Å². The van der Waals surface area contributed by atoms with Gasteiger partial charge in [-0.2, -0.15) is 0 Å². The van der Waals surface area contributed by atoms with Crippen LogP contribution in [0.25, 0.3) is 0 Å². The minimum atomic E-state index is 0.0694. The standard InChI is InChI=1S/C10H8ClNOS/c11-9-3-1-8(2-4-9)7-12-5-6-14-10(12)13/h1-6H,7H2. The lowest BCUT2D eigenvalue weighted by Crippen LogP contribution is -2.12. The SMILES string of the molecule is O=c1sccn1Cc1ccc(Cl)cc1. The molecule has 0 amide bonds. The molecule has 1 aromatic heterocycles. The summed E-state index contributed by atoms with van der Waals surface area (Å²) in [7, 11) is 0. The van der Waals surface area contributed by atoms with Gasteiger partial charge in [-0.05, 0) is 17.7 Å². The van der Waals surface area contributed by atoms with Crippen molar-refractivity contribution in [1.29, 1.82) is 0 Å². The number of benzene rings is 1. The summed E-state index contributed by atoms with van der Waals surface area (Å²) in [6.45, 7) is 0.611.